The monoisotopic (exact) mass is 341 g/mol. The smallest absolute Gasteiger partial charge is 0.255 e. The van der Waals surface area contributed by atoms with Gasteiger partial charge in [-0.15, -0.1) is 0 Å². The second-order valence-corrected chi connectivity index (χ2v) is 6.19. The fraction of sp³-hybridized carbons (Fsp3) is 0. The standard InChI is InChI=1S/C19H13F2NOS/c20-14-3-1-13(2-4-14)19(23)22-16-7-11-18(12-8-16)24-17-9-5-15(21)6-10-17/h1-12H,(H,22,23). The van der Waals surface area contributed by atoms with Crippen molar-refractivity contribution < 1.29 is 13.6 Å². The first kappa shape index (κ1) is 16.2. The Hall–Kier alpha value is -2.66. The largest absolute Gasteiger partial charge is 0.322 e. The van der Waals surface area contributed by atoms with Gasteiger partial charge in [0.15, 0.2) is 0 Å². The van der Waals surface area contributed by atoms with Gasteiger partial charge >= 0.3 is 0 Å². The Labute approximate surface area is 142 Å². The molecule has 2 nitrogen and oxygen atoms in total. The summed E-state index contributed by atoms with van der Waals surface area (Å²) in [5, 5.41) is 2.76. The van der Waals surface area contributed by atoms with Crippen LogP contribution in [-0.4, -0.2) is 5.91 Å². The zero-order valence-electron chi connectivity index (χ0n) is 12.5. The van der Waals surface area contributed by atoms with E-state index in [1.165, 1.54) is 48.2 Å². The molecule has 0 heterocycles. The van der Waals surface area contributed by atoms with E-state index in [1.807, 2.05) is 12.1 Å². The zero-order valence-corrected chi connectivity index (χ0v) is 13.3. The molecule has 3 aromatic rings. The van der Waals surface area contributed by atoms with Gasteiger partial charge in [-0.05, 0) is 72.8 Å². The van der Waals surface area contributed by atoms with Gasteiger partial charge in [-0.1, -0.05) is 11.8 Å². The van der Waals surface area contributed by atoms with Crippen LogP contribution < -0.4 is 5.32 Å². The molecule has 0 spiro atoms. The molecule has 0 radical (unpaired) electrons. The summed E-state index contributed by atoms with van der Waals surface area (Å²) in [6, 6.07) is 18.9. The summed E-state index contributed by atoms with van der Waals surface area (Å²) in [5.41, 5.74) is 1.04. The maximum atomic E-state index is 12.9. The van der Waals surface area contributed by atoms with Crippen molar-refractivity contribution in [2.45, 2.75) is 9.79 Å². The van der Waals surface area contributed by atoms with Crippen molar-refractivity contribution >= 4 is 23.4 Å². The van der Waals surface area contributed by atoms with Gasteiger partial charge in [0.25, 0.3) is 5.91 Å². The summed E-state index contributed by atoms with van der Waals surface area (Å²) in [5.74, 6) is -0.944. The van der Waals surface area contributed by atoms with E-state index in [0.717, 1.165) is 9.79 Å². The molecule has 0 aromatic heterocycles. The van der Waals surface area contributed by atoms with E-state index >= 15 is 0 Å². The molecule has 5 heteroatoms. The predicted molar refractivity (Wildman–Crippen MR) is 91.3 cm³/mol. The third-order valence-electron chi connectivity index (χ3n) is 3.27. The van der Waals surface area contributed by atoms with Crippen molar-refractivity contribution in [2.75, 3.05) is 5.32 Å². The first-order chi connectivity index (χ1) is 11.6. The van der Waals surface area contributed by atoms with Gasteiger partial charge in [0, 0.05) is 21.0 Å². The number of carbonyl (C=O) groups excluding carboxylic acids is 1. The van der Waals surface area contributed by atoms with E-state index in [9.17, 15) is 13.6 Å². The van der Waals surface area contributed by atoms with Gasteiger partial charge in [0.05, 0.1) is 0 Å². The molecule has 3 rings (SSSR count). The maximum Gasteiger partial charge on any atom is 0.255 e. The molecule has 0 aliphatic rings. The highest BCUT2D eigenvalue weighted by Gasteiger charge is 2.06. The van der Waals surface area contributed by atoms with Crippen LogP contribution in [0.1, 0.15) is 10.4 Å². The summed E-state index contributed by atoms with van der Waals surface area (Å²) >= 11 is 1.50. The lowest BCUT2D eigenvalue weighted by Gasteiger charge is -2.07. The third-order valence-corrected chi connectivity index (χ3v) is 4.28. The van der Waals surface area contributed by atoms with Crippen LogP contribution in [0, 0.1) is 11.6 Å². The molecule has 24 heavy (non-hydrogen) atoms. The van der Waals surface area contributed by atoms with Gasteiger partial charge in [-0.3, -0.25) is 4.79 Å². The molecule has 0 saturated carbocycles. The fourth-order valence-corrected chi connectivity index (χ4v) is 2.87. The van der Waals surface area contributed by atoms with Gasteiger partial charge in [-0.2, -0.15) is 0 Å². The lowest BCUT2D eigenvalue weighted by Crippen LogP contribution is -2.11. The summed E-state index contributed by atoms with van der Waals surface area (Å²) in [4.78, 5) is 14.0. The molecular formula is C19H13F2NOS. The van der Waals surface area contributed by atoms with Crippen molar-refractivity contribution in [3.63, 3.8) is 0 Å². The third kappa shape index (κ3) is 4.20. The molecular weight excluding hydrogens is 328 g/mol. The minimum absolute atomic E-state index is 0.266. The molecule has 0 bridgehead atoms. The van der Waals surface area contributed by atoms with E-state index in [-0.39, 0.29) is 17.5 Å². The molecule has 1 amide bonds. The van der Waals surface area contributed by atoms with E-state index < -0.39 is 0 Å². The lowest BCUT2D eigenvalue weighted by molar-refractivity contribution is 0.102. The first-order valence-electron chi connectivity index (χ1n) is 7.20. The van der Waals surface area contributed by atoms with Crippen LogP contribution in [-0.2, 0) is 0 Å². The number of halogens is 2. The Kier molecular flexibility index (Phi) is 4.91. The number of amides is 1. The van der Waals surface area contributed by atoms with Gasteiger partial charge in [0.2, 0.25) is 0 Å². The Bertz CT molecular complexity index is 831. The quantitative estimate of drug-likeness (QED) is 0.691. The number of hydrogen-bond acceptors (Lipinski definition) is 2. The number of hydrogen-bond donors (Lipinski definition) is 1. The van der Waals surface area contributed by atoms with Crippen LogP contribution in [0.3, 0.4) is 0 Å². The number of anilines is 1. The van der Waals surface area contributed by atoms with Crippen LogP contribution >= 0.6 is 11.8 Å². The van der Waals surface area contributed by atoms with Crippen LogP contribution in [0.2, 0.25) is 0 Å². The van der Waals surface area contributed by atoms with Gasteiger partial charge < -0.3 is 5.32 Å². The molecule has 0 saturated heterocycles. The summed E-state index contributed by atoms with van der Waals surface area (Å²) in [7, 11) is 0. The predicted octanol–water partition coefficient (Wildman–Crippen LogP) is 5.37. The average Bonchev–Trinajstić information content (AvgIpc) is 2.59. The van der Waals surface area contributed by atoms with E-state index in [2.05, 4.69) is 5.32 Å². The van der Waals surface area contributed by atoms with Crippen LogP contribution in [0.15, 0.2) is 82.6 Å². The molecule has 0 aliphatic carbocycles. The van der Waals surface area contributed by atoms with E-state index in [1.54, 1.807) is 24.3 Å². The molecule has 1 N–H and O–H groups in total. The Morgan fingerprint density at radius 3 is 1.71 bits per heavy atom. The fourth-order valence-electron chi connectivity index (χ4n) is 2.05. The minimum atomic E-state index is -0.381. The Morgan fingerprint density at radius 1 is 0.708 bits per heavy atom. The average molecular weight is 341 g/mol. The number of nitrogens with one attached hydrogen (secondary N) is 1. The summed E-state index contributed by atoms with van der Waals surface area (Å²) in [6.45, 7) is 0. The van der Waals surface area contributed by atoms with Crippen molar-refractivity contribution in [3.05, 3.63) is 90.0 Å². The highest BCUT2D eigenvalue weighted by Crippen LogP contribution is 2.28. The first-order valence-corrected chi connectivity index (χ1v) is 8.02. The highest BCUT2D eigenvalue weighted by atomic mass is 32.2. The molecule has 0 unspecified atom stereocenters. The van der Waals surface area contributed by atoms with Gasteiger partial charge in [-0.25, -0.2) is 8.78 Å². The summed E-state index contributed by atoms with van der Waals surface area (Å²) < 4.78 is 25.8. The van der Waals surface area contributed by atoms with E-state index in [4.69, 9.17) is 0 Å². The highest BCUT2D eigenvalue weighted by molar-refractivity contribution is 7.99. The molecule has 0 aliphatic heterocycles. The normalized spacial score (nSPS) is 10.4. The number of rotatable bonds is 4. The van der Waals surface area contributed by atoms with Crippen molar-refractivity contribution in [1.82, 2.24) is 0 Å². The van der Waals surface area contributed by atoms with Crippen molar-refractivity contribution in [1.29, 1.82) is 0 Å². The molecule has 3 aromatic carbocycles. The maximum absolute atomic E-state index is 12.9. The second kappa shape index (κ2) is 7.27. The topological polar surface area (TPSA) is 29.1 Å². The van der Waals surface area contributed by atoms with E-state index in [0.29, 0.717) is 11.3 Å². The van der Waals surface area contributed by atoms with Crippen LogP contribution in [0.4, 0.5) is 14.5 Å². The number of benzene rings is 3. The Balaban J connectivity index is 1.64. The van der Waals surface area contributed by atoms with Crippen LogP contribution in [0.25, 0.3) is 0 Å². The minimum Gasteiger partial charge on any atom is -0.322 e. The second-order valence-electron chi connectivity index (χ2n) is 5.04. The summed E-state index contributed by atoms with van der Waals surface area (Å²) in [6.07, 6.45) is 0. The Morgan fingerprint density at radius 2 is 1.17 bits per heavy atom. The lowest BCUT2D eigenvalue weighted by atomic mass is 10.2. The van der Waals surface area contributed by atoms with Crippen molar-refractivity contribution in [3.8, 4) is 0 Å². The SMILES string of the molecule is O=C(Nc1ccc(Sc2ccc(F)cc2)cc1)c1ccc(F)cc1. The van der Waals surface area contributed by atoms with Gasteiger partial charge in [0.1, 0.15) is 11.6 Å². The molecule has 0 fully saturated rings. The van der Waals surface area contributed by atoms with Crippen molar-refractivity contribution in [2.24, 2.45) is 0 Å². The number of carbonyl (C=O) groups is 1. The molecule has 0 atom stereocenters. The zero-order chi connectivity index (χ0) is 16.9. The molecule has 120 valence electrons. The van der Waals surface area contributed by atoms with Crippen LogP contribution in [0.5, 0.6) is 0 Å².